The van der Waals surface area contributed by atoms with E-state index in [9.17, 15) is 0 Å². The molecule has 1 nitrogen and oxygen atoms in total. The van der Waals surface area contributed by atoms with Gasteiger partial charge in [0.25, 0.3) is 0 Å². The minimum Gasteiger partial charge on any atom is -0.309 e. The van der Waals surface area contributed by atoms with Crippen LogP contribution in [0.2, 0.25) is 0 Å². The van der Waals surface area contributed by atoms with Crippen LogP contribution in [0.1, 0.15) is 65.8 Å². The fourth-order valence-electron chi connectivity index (χ4n) is 11.5. The Hall–Kier alpha value is -7.48. The van der Waals surface area contributed by atoms with E-state index in [-0.39, 0.29) is 0 Å². The minimum absolute atomic E-state index is 0.492. The van der Waals surface area contributed by atoms with Crippen molar-refractivity contribution >= 4 is 38.6 Å². The molecule has 0 radical (unpaired) electrons. The molecule has 0 heterocycles. The maximum absolute atomic E-state index is 2.53. The largest absolute Gasteiger partial charge is 0.309 e. The summed E-state index contributed by atoms with van der Waals surface area (Å²) in [5.74, 6) is 0.577. The third-order valence-electron chi connectivity index (χ3n) is 14.3. The van der Waals surface area contributed by atoms with Crippen molar-refractivity contribution in [2.24, 2.45) is 0 Å². The van der Waals surface area contributed by atoms with E-state index in [1.807, 2.05) is 0 Å². The van der Waals surface area contributed by atoms with E-state index in [0.29, 0.717) is 5.92 Å². The molecule has 0 saturated heterocycles. The zero-order chi connectivity index (χ0) is 42.5. The van der Waals surface area contributed by atoms with Gasteiger partial charge in [0.1, 0.15) is 0 Å². The number of hydrogen-bond donors (Lipinski definition) is 0. The van der Waals surface area contributed by atoms with E-state index >= 15 is 0 Å². The van der Waals surface area contributed by atoms with Crippen molar-refractivity contribution in [1.29, 1.82) is 0 Å². The van der Waals surface area contributed by atoms with E-state index in [1.54, 1.807) is 0 Å². The van der Waals surface area contributed by atoms with E-state index in [0.717, 1.165) is 17.1 Å². The summed E-state index contributed by atoms with van der Waals surface area (Å²) in [6.07, 6.45) is 6.46. The van der Waals surface area contributed by atoms with Crippen molar-refractivity contribution in [2.75, 3.05) is 4.90 Å². The summed E-state index contributed by atoms with van der Waals surface area (Å²) in [7, 11) is 0. The van der Waals surface area contributed by atoms with Crippen LogP contribution in [0.4, 0.5) is 17.1 Å². The van der Waals surface area contributed by atoms with Crippen molar-refractivity contribution in [3.63, 3.8) is 0 Å². The smallest absolute Gasteiger partial charge is 0.0713 e. The summed E-state index contributed by atoms with van der Waals surface area (Å²) >= 11 is 0. The van der Waals surface area contributed by atoms with Crippen LogP contribution in [-0.4, -0.2) is 0 Å². The SMILES string of the molecule is c1ccc(C2(c3ccccc3)c3ccccc3-c3ccc(-c4ccccc4N(c4ccc5ccccc5c4)c4ccccc4-c4cccc5cccc(C6CCCCC6)c45)cc32)cc1. The molecule has 64 heavy (non-hydrogen) atoms. The van der Waals surface area contributed by atoms with Gasteiger partial charge < -0.3 is 4.90 Å². The van der Waals surface area contributed by atoms with Crippen LogP contribution < -0.4 is 4.90 Å². The number of anilines is 3. The first-order chi connectivity index (χ1) is 31.8. The monoisotopic (exact) mass is 819 g/mol. The number of hydrogen-bond acceptors (Lipinski definition) is 1. The summed E-state index contributed by atoms with van der Waals surface area (Å²) in [5.41, 5.74) is 17.1. The zero-order valence-electron chi connectivity index (χ0n) is 36.0. The molecule has 10 aromatic carbocycles. The summed E-state index contributed by atoms with van der Waals surface area (Å²) in [6.45, 7) is 0. The Labute approximate surface area is 376 Å². The van der Waals surface area contributed by atoms with Crippen molar-refractivity contribution in [3.8, 4) is 33.4 Å². The van der Waals surface area contributed by atoms with Gasteiger partial charge >= 0.3 is 0 Å². The van der Waals surface area contributed by atoms with Gasteiger partial charge in [0.15, 0.2) is 0 Å². The van der Waals surface area contributed by atoms with E-state index < -0.39 is 5.41 Å². The number of rotatable bonds is 8. The Morgan fingerprint density at radius 2 is 0.922 bits per heavy atom. The quantitative estimate of drug-likeness (QED) is 0.148. The highest BCUT2D eigenvalue weighted by molar-refractivity contribution is 6.05. The van der Waals surface area contributed by atoms with Gasteiger partial charge in [0.05, 0.1) is 16.8 Å². The molecule has 0 spiro atoms. The second kappa shape index (κ2) is 16.0. The molecule has 2 aliphatic carbocycles. The number of benzene rings is 10. The van der Waals surface area contributed by atoms with Crippen molar-refractivity contribution in [2.45, 2.75) is 43.4 Å². The molecule has 10 aromatic rings. The van der Waals surface area contributed by atoms with Crippen molar-refractivity contribution in [1.82, 2.24) is 0 Å². The Kier molecular flexibility index (Phi) is 9.56. The highest BCUT2D eigenvalue weighted by Crippen LogP contribution is 2.57. The van der Waals surface area contributed by atoms with Gasteiger partial charge in [-0.25, -0.2) is 0 Å². The minimum atomic E-state index is -0.492. The predicted octanol–water partition coefficient (Wildman–Crippen LogP) is 17.2. The summed E-state index contributed by atoms with van der Waals surface area (Å²) in [4.78, 5) is 2.53. The summed E-state index contributed by atoms with van der Waals surface area (Å²) < 4.78 is 0. The van der Waals surface area contributed by atoms with E-state index in [4.69, 9.17) is 0 Å². The van der Waals surface area contributed by atoms with Crippen LogP contribution in [0.15, 0.2) is 231 Å². The van der Waals surface area contributed by atoms with Gasteiger partial charge in [-0.05, 0) is 121 Å². The maximum atomic E-state index is 2.53. The Bertz CT molecular complexity index is 3280. The summed E-state index contributed by atoms with van der Waals surface area (Å²) in [5, 5.41) is 5.16. The molecule has 1 saturated carbocycles. The molecule has 12 rings (SSSR count). The van der Waals surface area contributed by atoms with Crippen LogP contribution in [-0.2, 0) is 5.41 Å². The first-order valence-electron chi connectivity index (χ1n) is 23.1. The molecule has 0 N–H and O–H groups in total. The van der Waals surface area contributed by atoms with Gasteiger partial charge in [0.2, 0.25) is 0 Å². The van der Waals surface area contributed by atoms with Crippen LogP contribution in [0, 0.1) is 0 Å². The Morgan fingerprint density at radius 1 is 0.359 bits per heavy atom. The Morgan fingerprint density at radius 3 is 1.67 bits per heavy atom. The molecule has 0 aliphatic heterocycles. The van der Waals surface area contributed by atoms with Gasteiger partial charge in [-0.15, -0.1) is 0 Å². The Balaban J connectivity index is 1.10. The molecule has 306 valence electrons. The average molecular weight is 820 g/mol. The lowest BCUT2D eigenvalue weighted by Crippen LogP contribution is -2.28. The topological polar surface area (TPSA) is 3.24 Å². The number of para-hydroxylation sites is 2. The highest BCUT2D eigenvalue weighted by Gasteiger charge is 2.46. The second-order valence-electron chi connectivity index (χ2n) is 17.8. The average Bonchev–Trinajstić information content (AvgIpc) is 3.67. The van der Waals surface area contributed by atoms with Crippen LogP contribution in [0.3, 0.4) is 0 Å². The molecule has 0 bridgehead atoms. The maximum Gasteiger partial charge on any atom is 0.0713 e. The molecule has 1 fully saturated rings. The zero-order valence-corrected chi connectivity index (χ0v) is 36.0. The molecular weight excluding hydrogens is 771 g/mol. The van der Waals surface area contributed by atoms with Crippen molar-refractivity contribution < 1.29 is 0 Å². The second-order valence-corrected chi connectivity index (χ2v) is 17.8. The third kappa shape index (κ3) is 6.21. The van der Waals surface area contributed by atoms with Crippen LogP contribution >= 0.6 is 0 Å². The molecule has 0 amide bonds. The molecule has 2 aliphatic rings. The van der Waals surface area contributed by atoms with Gasteiger partial charge in [0, 0.05) is 16.8 Å². The van der Waals surface area contributed by atoms with Gasteiger partial charge in [-0.3, -0.25) is 0 Å². The summed E-state index contributed by atoms with van der Waals surface area (Å²) in [6, 6.07) is 86.3. The normalized spacial score (nSPS) is 14.3. The van der Waals surface area contributed by atoms with E-state index in [2.05, 4.69) is 235 Å². The molecule has 0 atom stereocenters. The highest BCUT2D eigenvalue weighted by atomic mass is 15.1. The first kappa shape index (κ1) is 38.2. The van der Waals surface area contributed by atoms with E-state index in [1.165, 1.54) is 115 Å². The van der Waals surface area contributed by atoms with Gasteiger partial charge in [-0.1, -0.05) is 219 Å². The van der Waals surface area contributed by atoms with Crippen LogP contribution in [0.5, 0.6) is 0 Å². The number of fused-ring (bicyclic) bond motifs is 5. The lowest BCUT2D eigenvalue weighted by molar-refractivity contribution is 0.445. The third-order valence-corrected chi connectivity index (χ3v) is 14.3. The van der Waals surface area contributed by atoms with Crippen LogP contribution in [0.25, 0.3) is 54.9 Å². The predicted molar refractivity (Wildman–Crippen MR) is 270 cm³/mol. The first-order valence-corrected chi connectivity index (χ1v) is 23.1. The molecule has 0 aromatic heterocycles. The fraction of sp³-hybridized carbons (Fsp3) is 0.111. The molecule has 0 unspecified atom stereocenters. The standard InChI is InChI=1S/C63H49N/c1-4-21-45(22-5-1)53-33-18-24-46-25-19-34-57(62(46)53)56-32-14-17-37-61(56)64(51-40-38-44-20-10-11-23-47(44)42-51)60-36-16-13-30-52(60)48-39-41-55-54-31-12-15-35-58(54)63(59(55)43-48,49-26-6-2-7-27-49)50-28-8-3-9-29-50/h2-3,6-20,23-43,45H,1,4-5,21-22H2. The lowest BCUT2D eigenvalue weighted by atomic mass is 9.67. The fourth-order valence-corrected chi connectivity index (χ4v) is 11.5. The molecule has 1 heteroatoms. The number of nitrogens with zero attached hydrogens (tertiary/aromatic N) is 1. The van der Waals surface area contributed by atoms with Gasteiger partial charge in [-0.2, -0.15) is 0 Å². The lowest BCUT2D eigenvalue weighted by Gasteiger charge is -2.34. The van der Waals surface area contributed by atoms with Crippen molar-refractivity contribution in [3.05, 3.63) is 258 Å². The molecular formula is C63H49N.